The van der Waals surface area contributed by atoms with Crippen molar-refractivity contribution in [3.63, 3.8) is 0 Å². The molecule has 2 aromatic heterocycles. The minimum absolute atomic E-state index is 0.363. The van der Waals surface area contributed by atoms with E-state index in [0.717, 1.165) is 63.7 Å². The smallest absolute Gasteiger partial charge is 0.0779 e. The van der Waals surface area contributed by atoms with Crippen molar-refractivity contribution in [3.8, 4) is 27.9 Å². The summed E-state index contributed by atoms with van der Waals surface area (Å²) in [6.07, 6.45) is 14.7. The monoisotopic (exact) mass is 757 g/mol. The minimum Gasteiger partial charge on any atom is -0.311 e. The van der Waals surface area contributed by atoms with Crippen LogP contribution in [0.3, 0.4) is 0 Å². The SMILES string of the molecule is C=c1c2cc(-c3ccc(N(C4=CCC(c5ccccc5)C=C4)c4ccc(-c5ccccc5)cc4)cc3)ccc2n(-c2ccccc2)c2cccc3c4c(n1c32)C=CCC4. The summed E-state index contributed by atoms with van der Waals surface area (Å²) in [5.41, 5.74) is 16.8. The van der Waals surface area contributed by atoms with Gasteiger partial charge < -0.3 is 13.9 Å². The first-order valence-electron chi connectivity index (χ1n) is 20.7. The second-order valence-electron chi connectivity index (χ2n) is 15.7. The summed E-state index contributed by atoms with van der Waals surface area (Å²) < 4.78 is 4.84. The summed E-state index contributed by atoms with van der Waals surface area (Å²) in [6, 6.07) is 63.8. The van der Waals surface area contributed by atoms with Gasteiger partial charge in [-0.15, -0.1) is 0 Å². The third kappa shape index (κ3) is 6.06. The van der Waals surface area contributed by atoms with Gasteiger partial charge in [0.25, 0.3) is 0 Å². The Kier molecular flexibility index (Phi) is 8.59. The maximum Gasteiger partial charge on any atom is 0.0779 e. The Morgan fingerprint density at radius 3 is 1.90 bits per heavy atom. The van der Waals surface area contributed by atoms with Crippen molar-refractivity contribution in [3.05, 3.63) is 228 Å². The molecule has 3 nitrogen and oxygen atoms in total. The van der Waals surface area contributed by atoms with Crippen molar-refractivity contribution in [2.75, 3.05) is 4.90 Å². The molecule has 9 aromatic rings. The first kappa shape index (κ1) is 34.9. The second-order valence-corrected chi connectivity index (χ2v) is 15.7. The molecular weight excluding hydrogens is 715 g/mol. The van der Waals surface area contributed by atoms with Crippen LogP contribution in [-0.4, -0.2) is 8.97 Å². The van der Waals surface area contributed by atoms with Crippen LogP contribution in [0.1, 0.15) is 35.6 Å². The first-order valence-corrected chi connectivity index (χ1v) is 20.7. The van der Waals surface area contributed by atoms with Gasteiger partial charge in [-0.1, -0.05) is 146 Å². The van der Waals surface area contributed by atoms with Gasteiger partial charge in [-0.3, -0.25) is 0 Å². The first-order chi connectivity index (χ1) is 29.2. The predicted molar refractivity (Wildman–Crippen MR) is 249 cm³/mol. The molecule has 0 aliphatic heterocycles. The van der Waals surface area contributed by atoms with E-state index in [9.17, 15) is 0 Å². The van der Waals surface area contributed by atoms with Gasteiger partial charge in [0.1, 0.15) is 0 Å². The number of allylic oxidation sites excluding steroid dienone is 4. The molecular formula is C56H43N3. The largest absolute Gasteiger partial charge is 0.311 e. The van der Waals surface area contributed by atoms with Crippen molar-refractivity contribution >= 4 is 51.4 Å². The fourth-order valence-electron chi connectivity index (χ4n) is 9.38. The number of anilines is 2. The van der Waals surface area contributed by atoms with E-state index in [-0.39, 0.29) is 0 Å². The van der Waals surface area contributed by atoms with Crippen molar-refractivity contribution in [2.24, 2.45) is 0 Å². The Hall–Kier alpha value is -7.36. The average Bonchev–Trinajstić information content (AvgIpc) is 3.60. The van der Waals surface area contributed by atoms with E-state index in [0.29, 0.717) is 5.92 Å². The molecule has 2 aliphatic rings. The number of aromatic nitrogens is 2. The van der Waals surface area contributed by atoms with E-state index in [1.54, 1.807) is 0 Å². The van der Waals surface area contributed by atoms with E-state index < -0.39 is 0 Å². The maximum absolute atomic E-state index is 4.84. The number of para-hydroxylation sites is 2. The zero-order chi connectivity index (χ0) is 39.3. The number of benzene rings is 7. The molecule has 0 fully saturated rings. The molecule has 1 atom stereocenters. The molecule has 59 heavy (non-hydrogen) atoms. The van der Waals surface area contributed by atoms with Gasteiger partial charge in [-0.05, 0) is 119 Å². The van der Waals surface area contributed by atoms with Crippen LogP contribution < -0.4 is 10.2 Å². The van der Waals surface area contributed by atoms with Gasteiger partial charge in [0, 0.05) is 50.5 Å². The van der Waals surface area contributed by atoms with Crippen LogP contribution in [-0.2, 0) is 6.42 Å². The van der Waals surface area contributed by atoms with Gasteiger partial charge in [-0.2, -0.15) is 0 Å². The predicted octanol–water partition coefficient (Wildman–Crippen LogP) is 13.8. The van der Waals surface area contributed by atoms with Crippen LogP contribution >= 0.6 is 0 Å². The molecule has 2 heterocycles. The van der Waals surface area contributed by atoms with Crippen LogP contribution in [0.15, 0.2) is 206 Å². The molecule has 0 bridgehead atoms. The summed E-state index contributed by atoms with van der Waals surface area (Å²) >= 11 is 0. The Morgan fingerprint density at radius 2 is 1.20 bits per heavy atom. The number of aryl methyl sites for hydroxylation is 1. The van der Waals surface area contributed by atoms with E-state index in [2.05, 4.69) is 220 Å². The molecule has 0 N–H and O–H groups in total. The second kappa shape index (κ2) is 14.5. The lowest BCUT2D eigenvalue weighted by molar-refractivity contribution is 0.840. The highest BCUT2D eigenvalue weighted by Crippen LogP contribution is 2.39. The van der Waals surface area contributed by atoms with Gasteiger partial charge in [-0.25, -0.2) is 0 Å². The molecule has 282 valence electrons. The minimum atomic E-state index is 0.363. The summed E-state index contributed by atoms with van der Waals surface area (Å²) in [5.74, 6) is 0.363. The number of hydrogen-bond acceptors (Lipinski definition) is 1. The van der Waals surface area contributed by atoms with Gasteiger partial charge >= 0.3 is 0 Å². The number of hydrogen-bond donors (Lipinski definition) is 0. The van der Waals surface area contributed by atoms with E-state index in [4.69, 9.17) is 6.58 Å². The topological polar surface area (TPSA) is 12.6 Å². The molecule has 2 aliphatic carbocycles. The van der Waals surface area contributed by atoms with Crippen LogP contribution in [0, 0.1) is 0 Å². The quantitative estimate of drug-likeness (QED) is 0.158. The maximum atomic E-state index is 4.84. The normalized spacial score (nSPS) is 14.8. The van der Waals surface area contributed by atoms with Crippen molar-refractivity contribution in [1.29, 1.82) is 0 Å². The van der Waals surface area contributed by atoms with Crippen molar-refractivity contribution in [2.45, 2.75) is 25.2 Å². The van der Waals surface area contributed by atoms with Crippen LogP contribution in [0.2, 0.25) is 0 Å². The fourth-order valence-corrected chi connectivity index (χ4v) is 9.38. The van der Waals surface area contributed by atoms with Crippen molar-refractivity contribution < 1.29 is 0 Å². The number of rotatable bonds is 7. The molecule has 0 spiro atoms. The Balaban J connectivity index is 1.03. The lowest BCUT2D eigenvalue weighted by atomic mass is 9.91. The molecule has 7 aromatic carbocycles. The van der Waals surface area contributed by atoms with Gasteiger partial charge in [0.15, 0.2) is 0 Å². The summed E-state index contributed by atoms with van der Waals surface area (Å²) in [4.78, 5) is 2.39. The highest BCUT2D eigenvalue weighted by molar-refractivity contribution is 6.02. The van der Waals surface area contributed by atoms with Crippen LogP contribution in [0.25, 0.3) is 67.9 Å². The standard InChI is InChI=1S/C56H43N3/c1-39-52-38-45(30-37-54(52)59(46-18-9-4-10-19-46)55-23-13-21-51-50-20-11-12-22-53(50)57(39)56(51)55)44-28-35-49(36-29-44)58(47-31-24-42(25-32-47)40-14-5-2-6-15-40)48-33-26-43(27-34-48)41-16-7-3-8-17-41/h2-10,12-19,21-26,28-38,43H,1,11,20,27H2. The third-order valence-corrected chi connectivity index (χ3v) is 12.3. The molecule has 0 radical (unpaired) electrons. The zero-order valence-electron chi connectivity index (χ0n) is 32.9. The van der Waals surface area contributed by atoms with Gasteiger partial charge in [0.2, 0.25) is 0 Å². The zero-order valence-corrected chi connectivity index (χ0v) is 32.9. The molecule has 0 saturated heterocycles. The molecule has 0 saturated carbocycles. The fraction of sp³-hybridized carbons (Fsp3) is 0.0714. The summed E-state index contributed by atoms with van der Waals surface area (Å²) in [7, 11) is 0. The molecule has 0 amide bonds. The van der Waals surface area contributed by atoms with Crippen LogP contribution in [0.5, 0.6) is 0 Å². The lowest BCUT2D eigenvalue weighted by Gasteiger charge is -2.29. The highest BCUT2D eigenvalue weighted by Gasteiger charge is 2.22. The third-order valence-electron chi connectivity index (χ3n) is 12.3. The summed E-state index contributed by atoms with van der Waals surface area (Å²) in [6.45, 7) is 4.84. The Bertz CT molecular complexity index is 3160. The van der Waals surface area contributed by atoms with Crippen LogP contribution in [0.4, 0.5) is 11.4 Å². The number of fused-ring (bicyclic) bond motifs is 4. The van der Waals surface area contributed by atoms with Gasteiger partial charge in [0.05, 0.1) is 16.6 Å². The number of nitrogens with zero attached hydrogens (tertiary/aromatic N) is 3. The molecule has 1 unspecified atom stereocenters. The Labute approximate surface area is 345 Å². The molecule has 3 heteroatoms. The highest BCUT2D eigenvalue weighted by atomic mass is 15.1. The van der Waals surface area contributed by atoms with Crippen molar-refractivity contribution in [1.82, 2.24) is 8.97 Å². The lowest BCUT2D eigenvalue weighted by Crippen LogP contribution is -2.17. The molecule has 11 rings (SSSR count). The average molecular weight is 758 g/mol. The summed E-state index contributed by atoms with van der Waals surface area (Å²) in [5, 5.41) is 3.43. The van der Waals surface area contributed by atoms with E-state index >= 15 is 0 Å². The Morgan fingerprint density at radius 1 is 0.559 bits per heavy atom. The van der Waals surface area contributed by atoms with E-state index in [1.807, 2.05) is 0 Å². The van der Waals surface area contributed by atoms with E-state index in [1.165, 1.54) is 50.1 Å².